The molecule has 0 bridgehead atoms. The van der Waals surface area contributed by atoms with Crippen LogP contribution in [0.25, 0.3) is 11.3 Å². The number of unbranched alkanes of at least 4 members (excludes halogenated alkanes) is 3. The Balaban J connectivity index is 1.96. The summed E-state index contributed by atoms with van der Waals surface area (Å²) in [4.78, 5) is 6.17. The minimum atomic E-state index is -3.47. The van der Waals surface area contributed by atoms with Gasteiger partial charge in [-0.05, 0) is 55.3 Å². The average molecular weight is 516 g/mol. The monoisotopic (exact) mass is 515 g/mol. The summed E-state index contributed by atoms with van der Waals surface area (Å²) in [6, 6.07) is 15.1. The Kier molecular flexibility index (Phi) is 10.1. The second-order valence-electron chi connectivity index (χ2n) is 8.27. The minimum Gasteiger partial charge on any atom is -0.494 e. The number of rotatable bonds is 13. The van der Waals surface area contributed by atoms with E-state index >= 15 is 0 Å². The van der Waals surface area contributed by atoms with E-state index in [0.29, 0.717) is 24.6 Å². The van der Waals surface area contributed by atoms with Gasteiger partial charge in [-0.2, -0.15) is 4.31 Å². The molecule has 0 amide bonds. The highest BCUT2D eigenvalue weighted by Gasteiger charge is 2.21. The molecule has 35 heavy (non-hydrogen) atoms. The number of hydrogen-bond acceptors (Lipinski definition) is 5. The first-order chi connectivity index (χ1) is 16.9. The number of aromatic nitrogens is 1. The quantitative estimate of drug-likeness (QED) is 0.245. The van der Waals surface area contributed by atoms with Crippen LogP contribution in [0.3, 0.4) is 0 Å². The number of ether oxygens (including phenoxy) is 1. The van der Waals surface area contributed by atoms with Gasteiger partial charge in [-0.15, -0.1) is 11.3 Å². The number of nitrogens with zero attached hydrogens (tertiary/aromatic N) is 3. The largest absolute Gasteiger partial charge is 0.494 e. The van der Waals surface area contributed by atoms with Crippen molar-refractivity contribution in [3.63, 3.8) is 0 Å². The summed E-state index contributed by atoms with van der Waals surface area (Å²) in [5, 5.41) is 2.11. The van der Waals surface area contributed by atoms with E-state index in [9.17, 15) is 8.42 Å². The van der Waals surface area contributed by atoms with Crippen LogP contribution in [0.2, 0.25) is 0 Å². The molecule has 6 nitrogen and oxygen atoms in total. The Hall–Kier alpha value is -2.42. The van der Waals surface area contributed by atoms with Gasteiger partial charge in [-0.25, -0.2) is 13.4 Å². The smallest absolute Gasteiger partial charge is 0.243 e. The topological polar surface area (TPSA) is 63.9 Å². The van der Waals surface area contributed by atoms with Gasteiger partial charge in [0.25, 0.3) is 0 Å². The van der Waals surface area contributed by atoms with E-state index in [1.165, 1.54) is 23.6 Å². The summed E-state index contributed by atoms with van der Waals surface area (Å²) in [7, 11) is -3.47. The Labute approximate surface area is 214 Å². The molecule has 8 heteroatoms. The molecule has 1 heterocycles. The number of hydrogen-bond donors (Lipinski definition) is 0. The van der Waals surface area contributed by atoms with Crippen LogP contribution in [0.1, 0.15) is 53.4 Å². The van der Waals surface area contributed by atoms with Gasteiger partial charge in [-0.1, -0.05) is 52.2 Å². The van der Waals surface area contributed by atoms with Gasteiger partial charge in [0.15, 0.2) is 4.80 Å². The lowest BCUT2D eigenvalue weighted by molar-refractivity contribution is 0.340. The molecule has 0 saturated heterocycles. The lowest BCUT2D eigenvalue weighted by atomic mass is 10.1. The van der Waals surface area contributed by atoms with Gasteiger partial charge in [-0.3, -0.25) is 0 Å². The second kappa shape index (κ2) is 13.0. The molecular weight excluding hydrogens is 478 g/mol. The lowest BCUT2D eigenvalue weighted by Crippen LogP contribution is -2.30. The Morgan fingerprint density at radius 3 is 2.20 bits per heavy atom. The third-order valence-electron chi connectivity index (χ3n) is 5.90. The molecule has 2 aromatic carbocycles. The van der Waals surface area contributed by atoms with Gasteiger partial charge in [0.05, 0.1) is 22.9 Å². The van der Waals surface area contributed by atoms with E-state index in [2.05, 4.69) is 16.9 Å². The zero-order valence-corrected chi connectivity index (χ0v) is 22.9. The molecule has 3 aromatic rings. The number of sulfonamides is 1. The number of benzene rings is 2. The van der Waals surface area contributed by atoms with Crippen molar-refractivity contribution >= 4 is 27.0 Å². The highest BCUT2D eigenvalue weighted by atomic mass is 32.2. The molecule has 0 aliphatic carbocycles. The predicted molar refractivity (Wildman–Crippen MR) is 145 cm³/mol. The molecule has 0 spiro atoms. The van der Waals surface area contributed by atoms with Gasteiger partial charge in [0.1, 0.15) is 5.75 Å². The molecule has 1 aromatic heterocycles. The van der Waals surface area contributed by atoms with Crippen molar-refractivity contribution in [1.82, 2.24) is 8.87 Å². The van der Waals surface area contributed by atoms with E-state index in [0.717, 1.165) is 40.5 Å². The molecule has 0 aliphatic rings. The Morgan fingerprint density at radius 2 is 1.60 bits per heavy atom. The standard InChI is InChI=1S/C27H37N3O3S2/c1-5-9-10-11-20-30-26(21-34-27(30)28-23-14-16-24(17-15-23)33-8-4)22-12-18-25(19-13-22)35(31,32)29(6-2)7-3/h12-19,21H,5-11,20H2,1-4H3. The summed E-state index contributed by atoms with van der Waals surface area (Å²) in [5.41, 5.74) is 2.93. The summed E-state index contributed by atoms with van der Waals surface area (Å²) in [5.74, 6) is 0.838. The molecule has 0 N–H and O–H groups in total. The van der Waals surface area contributed by atoms with Gasteiger partial charge >= 0.3 is 0 Å². The molecule has 0 saturated carbocycles. The van der Waals surface area contributed by atoms with Crippen molar-refractivity contribution in [1.29, 1.82) is 0 Å². The molecule has 0 fully saturated rings. The highest BCUT2D eigenvalue weighted by Crippen LogP contribution is 2.25. The minimum absolute atomic E-state index is 0.328. The van der Waals surface area contributed by atoms with E-state index in [1.54, 1.807) is 23.5 Å². The van der Waals surface area contributed by atoms with Crippen LogP contribution in [0.5, 0.6) is 5.75 Å². The zero-order chi connectivity index (χ0) is 25.3. The first-order valence-electron chi connectivity index (χ1n) is 12.5. The fourth-order valence-corrected chi connectivity index (χ4v) is 6.38. The summed E-state index contributed by atoms with van der Waals surface area (Å²) in [6.07, 6.45) is 4.64. The van der Waals surface area contributed by atoms with Gasteiger partial charge in [0.2, 0.25) is 10.0 Å². The maximum Gasteiger partial charge on any atom is 0.243 e. The van der Waals surface area contributed by atoms with Crippen molar-refractivity contribution in [2.75, 3.05) is 19.7 Å². The van der Waals surface area contributed by atoms with Crippen molar-refractivity contribution in [3.8, 4) is 17.0 Å². The van der Waals surface area contributed by atoms with Gasteiger partial charge in [0, 0.05) is 25.0 Å². The Morgan fingerprint density at radius 1 is 0.914 bits per heavy atom. The maximum atomic E-state index is 12.9. The van der Waals surface area contributed by atoms with Crippen LogP contribution in [0.15, 0.2) is 63.8 Å². The van der Waals surface area contributed by atoms with E-state index < -0.39 is 10.0 Å². The molecule has 3 rings (SSSR count). The van der Waals surface area contributed by atoms with Crippen LogP contribution in [0, 0.1) is 0 Å². The van der Waals surface area contributed by atoms with Gasteiger partial charge < -0.3 is 9.30 Å². The first-order valence-corrected chi connectivity index (χ1v) is 14.8. The molecule has 0 aliphatic heterocycles. The molecule has 0 radical (unpaired) electrons. The summed E-state index contributed by atoms with van der Waals surface area (Å²) < 4.78 is 35.0. The third kappa shape index (κ3) is 6.84. The van der Waals surface area contributed by atoms with Crippen LogP contribution >= 0.6 is 11.3 Å². The average Bonchev–Trinajstić information content (AvgIpc) is 3.26. The first kappa shape index (κ1) is 27.2. The van der Waals surface area contributed by atoms with E-state index in [-0.39, 0.29) is 0 Å². The lowest BCUT2D eigenvalue weighted by Gasteiger charge is -2.18. The predicted octanol–water partition coefficient (Wildman–Crippen LogP) is 6.46. The van der Waals surface area contributed by atoms with Crippen LogP contribution in [-0.2, 0) is 16.6 Å². The van der Waals surface area contributed by atoms with Crippen molar-refractivity contribution in [2.24, 2.45) is 4.99 Å². The van der Waals surface area contributed by atoms with Crippen molar-refractivity contribution < 1.29 is 13.2 Å². The van der Waals surface area contributed by atoms with Crippen molar-refractivity contribution in [3.05, 3.63) is 58.7 Å². The van der Waals surface area contributed by atoms with Crippen LogP contribution in [0.4, 0.5) is 5.69 Å². The SMILES string of the molecule is CCCCCCn1c(-c2ccc(S(=O)(=O)N(CC)CC)cc2)csc1=Nc1ccc(OCC)cc1. The third-order valence-corrected chi connectivity index (χ3v) is 8.83. The van der Waals surface area contributed by atoms with Crippen molar-refractivity contribution in [2.45, 2.75) is 64.8 Å². The van der Waals surface area contributed by atoms with E-state index in [4.69, 9.17) is 9.73 Å². The fourth-order valence-electron chi connectivity index (χ4n) is 3.97. The Bertz CT molecular complexity index is 1220. The maximum absolute atomic E-state index is 12.9. The molecule has 190 valence electrons. The van der Waals surface area contributed by atoms with E-state index in [1.807, 2.05) is 57.2 Å². The number of thiazole rings is 1. The normalized spacial score (nSPS) is 12.4. The fraction of sp³-hybridized carbons (Fsp3) is 0.444. The summed E-state index contributed by atoms with van der Waals surface area (Å²) in [6.45, 7) is 10.3. The zero-order valence-electron chi connectivity index (χ0n) is 21.2. The molecule has 0 unspecified atom stereocenters. The molecule has 0 atom stereocenters. The molecular formula is C27H37N3O3S2. The van der Waals surface area contributed by atoms with Crippen LogP contribution in [-0.4, -0.2) is 37.0 Å². The second-order valence-corrected chi connectivity index (χ2v) is 11.0. The van der Waals surface area contributed by atoms with Crippen LogP contribution < -0.4 is 9.54 Å². The summed E-state index contributed by atoms with van der Waals surface area (Å²) >= 11 is 1.60. The highest BCUT2D eigenvalue weighted by molar-refractivity contribution is 7.89.